The zero-order valence-corrected chi connectivity index (χ0v) is 12.2. The van der Waals surface area contributed by atoms with E-state index in [9.17, 15) is 4.79 Å². The molecule has 3 nitrogen and oxygen atoms in total. The van der Waals surface area contributed by atoms with Crippen molar-refractivity contribution in [1.82, 2.24) is 0 Å². The molecule has 108 valence electrons. The largest absolute Gasteiger partial charge is 0.455 e. The van der Waals surface area contributed by atoms with E-state index < -0.39 is 0 Å². The van der Waals surface area contributed by atoms with Gasteiger partial charge in [-0.05, 0) is 39.0 Å². The second kappa shape index (κ2) is 6.08. The van der Waals surface area contributed by atoms with Crippen LogP contribution in [0.15, 0.2) is 12.2 Å². The van der Waals surface area contributed by atoms with Crippen LogP contribution < -0.4 is 0 Å². The molecule has 2 fully saturated rings. The van der Waals surface area contributed by atoms with E-state index in [1.807, 2.05) is 0 Å². The predicted molar refractivity (Wildman–Crippen MR) is 74.9 cm³/mol. The molecule has 2 aliphatic rings. The van der Waals surface area contributed by atoms with Gasteiger partial charge in [0.25, 0.3) is 0 Å². The highest BCUT2D eigenvalue weighted by atomic mass is 16.6. The third-order valence-corrected chi connectivity index (χ3v) is 4.45. The molecule has 0 radical (unpaired) electrons. The van der Waals surface area contributed by atoms with Crippen LogP contribution in [0.1, 0.15) is 58.8 Å². The van der Waals surface area contributed by atoms with Crippen molar-refractivity contribution in [2.75, 3.05) is 6.61 Å². The third kappa shape index (κ3) is 3.38. The Morgan fingerprint density at radius 3 is 2.79 bits per heavy atom. The highest BCUT2D eigenvalue weighted by Gasteiger charge is 2.51. The average Bonchev–Trinajstić information content (AvgIpc) is 3.21. The van der Waals surface area contributed by atoms with Crippen LogP contribution in [0, 0.1) is 5.92 Å². The Morgan fingerprint density at radius 2 is 2.21 bits per heavy atom. The first-order valence-electron chi connectivity index (χ1n) is 7.59. The highest BCUT2D eigenvalue weighted by molar-refractivity contribution is 5.87. The number of rotatable bonds is 6. The van der Waals surface area contributed by atoms with Crippen LogP contribution in [0.4, 0.5) is 0 Å². The van der Waals surface area contributed by atoms with Gasteiger partial charge in [0.2, 0.25) is 0 Å². The summed E-state index contributed by atoms with van der Waals surface area (Å²) in [6, 6.07) is 0. The van der Waals surface area contributed by atoms with Crippen LogP contribution in [0.2, 0.25) is 0 Å². The molecule has 1 aliphatic heterocycles. The molecule has 3 atom stereocenters. The van der Waals surface area contributed by atoms with E-state index in [2.05, 4.69) is 13.5 Å². The number of epoxide rings is 1. The summed E-state index contributed by atoms with van der Waals surface area (Å²) in [4.78, 5) is 12.0. The van der Waals surface area contributed by atoms with Crippen molar-refractivity contribution in [1.29, 1.82) is 0 Å². The van der Waals surface area contributed by atoms with E-state index in [-0.39, 0.29) is 11.6 Å². The van der Waals surface area contributed by atoms with Gasteiger partial charge in [0.05, 0.1) is 12.7 Å². The molecule has 1 heterocycles. The Bertz CT molecular complexity index is 346. The predicted octanol–water partition coefficient (Wildman–Crippen LogP) is 3.62. The van der Waals surface area contributed by atoms with Crippen molar-refractivity contribution in [3.05, 3.63) is 12.2 Å². The molecular formula is C16H26O3. The van der Waals surface area contributed by atoms with Gasteiger partial charge in [-0.3, -0.25) is 0 Å². The van der Waals surface area contributed by atoms with Gasteiger partial charge in [-0.2, -0.15) is 0 Å². The van der Waals surface area contributed by atoms with Crippen molar-refractivity contribution in [3.63, 3.8) is 0 Å². The molecule has 0 bridgehead atoms. The normalized spacial score (nSPS) is 33.8. The molecule has 19 heavy (non-hydrogen) atoms. The maximum Gasteiger partial charge on any atom is 0.333 e. The number of unbranched alkanes of at least 4 members (excludes halogenated alkanes) is 1. The molecule has 1 saturated heterocycles. The number of carbonyl (C=O) groups excluding carboxylic acids is 1. The number of hydrogen-bond donors (Lipinski definition) is 0. The smallest absolute Gasteiger partial charge is 0.333 e. The molecule has 1 saturated carbocycles. The summed E-state index contributed by atoms with van der Waals surface area (Å²) in [7, 11) is 0. The van der Waals surface area contributed by atoms with E-state index in [0.29, 0.717) is 17.6 Å². The Kier molecular flexibility index (Phi) is 4.67. The van der Waals surface area contributed by atoms with E-state index in [4.69, 9.17) is 9.47 Å². The molecule has 0 aromatic carbocycles. The lowest BCUT2D eigenvalue weighted by molar-refractivity contribution is -0.169. The number of esters is 1. The fourth-order valence-electron chi connectivity index (χ4n) is 3.29. The Morgan fingerprint density at radius 1 is 1.47 bits per heavy atom. The van der Waals surface area contributed by atoms with Gasteiger partial charge < -0.3 is 9.47 Å². The van der Waals surface area contributed by atoms with Gasteiger partial charge in [-0.15, -0.1) is 0 Å². The number of hydrogen-bond acceptors (Lipinski definition) is 3. The minimum atomic E-state index is -0.300. The Balaban J connectivity index is 2.14. The lowest BCUT2D eigenvalue weighted by Gasteiger charge is -2.43. The van der Waals surface area contributed by atoms with E-state index in [0.717, 1.165) is 45.1 Å². The summed E-state index contributed by atoms with van der Waals surface area (Å²) in [6.07, 6.45) is 7.99. The fourth-order valence-corrected chi connectivity index (χ4v) is 3.29. The monoisotopic (exact) mass is 266 g/mol. The van der Waals surface area contributed by atoms with Crippen molar-refractivity contribution in [2.45, 2.75) is 70.5 Å². The molecule has 2 rings (SSSR count). The quantitative estimate of drug-likeness (QED) is 0.419. The standard InChI is InChI=1S/C16H26O3/c1-4-5-9-16(19-15(17)12(2)3)10-7-6-8-13(16)14-11-18-14/h13-14H,2,4-11H2,1,3H3. The zero-order chi connectivity index (χ0) is 13.9. The summed E-state index contributed by atoms with van der Waals surface area (Å²) in [5, 5.41) is 0. The van der Waals surface area contributed by atoms with E-state index in [1.165, 1.54) is 6.42 Å². The van der Waals surface area contributed by atoms with Crippen LogP contribution in [0.25, 0.3) is 0 Å². The zero-order valence-electron chi connectivity index (χ0n) is 12.2. The minimum absolute atomic E-state index is 0.233. The summed E-state index contributed by atoms with van der Waals surface area (Å²) >= 11 is 0. The third-order valence-electron chi connectivity index (χ3n) is 4.45. The van der Waals surface area contributed by atoms with Gasteiger partial charge in [0, 0.05) is 11.5 Å². The molecule has 3 heteroatoms. The van der Waals surface area contributed by atoms with E-state index >= 15 is 0 Å². The summed E-state index contributed by atoms with van der Waals surface area (Å²) in [5.41, 5.74) is 0.197. The van der Waals surface area contributed by atoms with Crippen LogP contribution in [0.5, 0.6) is 0 Å². The molecule has 0 aromatic rings. The number of ether oxygens (including phenoxy) is 2. The first-order chi connectivity index (χ1) is 9.09. The van der Waals surface area contributed by atoms with Crippen molar-refractivity contribution >= 4 is 5.97 Å². The maximum atomic E-state index is 12.0. The average molecular weight is 266 g/mol. The minimum Gasteiger partial charge on any atom is -0.455 e. The molecule has 0 aromatic heterocycles. The second-order valence-electron chi connectivity index (χ2n) is 6.06. The van der Waals surface area contributed by atoms with Crippen LogP contribution in [0.3, 0.4) is 0 Å². The molecule has 0 N–H and O–H groups in total. The molecule has 1 aliphatic carbocycles. The highest BCUT2D eigenvalue weighted by Crippen LogP contribution is 2.46. The van der Waals surface area contributed by atoms with Crippen LogP contribution in [-0.4, -0.2) is 24.3 Å². The fraction of sp³-hybridized carbons (Fsp3) is 0.812. The Hall–Kier alpha value is -0.830. The summed E-state index contributed by atoms with van der Waals surface area (Å²) < 4.78 is 11.4. The van der Waals surface area contributed by atoms with E-state index in [1.54, 1.807) is 6.92 Å². The van der Waals surface area contributed by atoms with Crippen LogP contribution >= 0.6 is 0 Å². The van der Waals surface area contributed by atoms with Gasteiger partial charge in [0.15, 0.2) is 0 Å². The van der Waals surface area contributed by atoms with Crippen molar-refractivity contribution < 1.29 is 14.3 Å². The van der Waals surface area contributed by atoms with Crippen LogP contribution in [-0.2, 0) is 14.3 Å². The maximum absolute atomic E-state index is 12.0. The Labute approximate surface area is 116 Å². The van der Waals surface area contributed by atoms with Gasteiger partial charge in [-0.1, -0.05) is 26.3 Å². The lowest BCUT2D eigenvalue weighted by atomic mass is 9.71. The number of carbonyl (C=O) groups is 1. The summed E-state index contributed by atoms with van der Waals surface area (Å²) in [5.74, 6) is 0.153. The topological polar surface area (TPSA) is 38.8 Å². The second-order valence-corrected chi connectivity index (χ2v) is 6.06. The van der Waals surface area contributed by atoms with Gasteiger partial charge >= 0.3 is 5.97 Å². The van der Waals surface area contributed by atoms with Crippen molar-refractivity contribution in [2.24, 2.45) is 5.92 Å². The first-order valence-corrected chi connectivity index (χ1v) is 7.59. The molecule has 3 unspecified atom stereocenters. The molecular weight excluding hydrogens is 240 g/mol. The first kappa shape index (κ1) is 14.6. The molecule has 0 amide bonds. The summed E-state index contributed by atoms with van der Waals surface area (Å²) in [6.45, 7) is 8.45. The lowest BCUT2D eigenvalue weighted by Crippen LogP contribution is -2.47. The van der Waals surface area contributed by atoms with Crippen molar-refractivity contribution in [3.8, 4) is 0 Å². The van der Waals surface area contributed by atoms with Gasteiger partial charge in [-0.25, -0.2) is 4.79 Å². The SMILES string of the molecule is C=C(C)C(=O)OC1(CCCC)CCCCC1C1CO1. The van der Waals surface area contributed by atoms with Gasteiger partial charge in [0.1, 0.15) is 5.60 Å². The molecule has 0 spiro atoms.